The van der Waals surface area contributed by atoms with Gasteiger partial charge in [-0.05, 0) is 24.6 Å². The van der Waals surface area contributed by atoms with E-state index in [1.807, 2.05) is 0 Å². The number of aromatic nitrogens is 1. The van der Waals surface area contributed by atoms with E-state index in [1.165, 1.54) is 13.0 Å². The first-order valence-electron chi connectivity index (χ1n) is 7.33. The van der Waals surface area contributed by atoms with Gasteiger partial charge in [0.25, 0.3) is 10.0 Å². The number of benzene rings is 1. The van der Waals surface area contributed by atoms with E-state index in [4.69, 9.17) is 32.3 Å². The van der Waals surface area contributed by atoms with E-state index in [-0.39, 0.29) is 15.7 Å². The van der Waals surface area contributed by atoms with E-state index in [2.05, 4.69) is 9.71 Å². The zero-order valence-corrected chi connectivity index (χ0v) is 16.2. The first kappa shape index (κ1) is 24.9. The number of carboxylic acids is 2. The van der Waals surface area contributed by atoms with Crippen molar-refractivity contribution in [3.63, 3.8) is 0 Å². The van der Waals surface area contributed by atoms with Gasteiger partial charge in [0, 0.05) is 12.3 Å². The maximum Gasteiger partial charge on any atom is 0.490 e. The van der Waals surface area contributed by atoms with Crippen molar-refractivity contribution in [2.24, 2.45) is 0 Å². The summed E-state index contributed by atoms with van der Waals surface area (Å²) < 4.78 is 72.0. The molecular formula is C15H12ClF4N3O6S. The lowest BCUT2D eigenvalue weighted by atomic mass is 10.1. The Morgan fingerprint density at radius 2 is 1.73 bits per heavy atom. The van der Waals surface area contributed by atoms with Crippen LogP contribution in [0.4, 0.5) is 28.9 Å². The van der Waals surface area contributed by atoms with Crippen molar-refractivity contribution >= 4 is 44.9 Å². The fraction of sp³-hybridized carbons (Fsp3) is 0.133. The van der Waals surface area contributed by atoms with Gasteiger partial charge in [-0.2, -0.15) is 13.2 Å². The van der Waals surface area contributed by atoms with E-state index in [9.17, 15) is 30.8 Å². The molecule has 5 N–H and O–H groups in total. The molecule has 0 radical (unpaired) electrons. The Labute approximate surface area is 171 Å². The number of nitrogen functional groups attached to an aromatic ring is 1. The largest absolute Gasteiger partial charge is 0.490 e. The molecule has 0 bridgehead atoms. The zero-order valence-electron chi connectivity index (χ0n) is 14.7. The van der Waals surface area contributed by atoms with E-state index in [0.29, 0.717) is 11.6 Å². The average Bonchev–Trinajstić information content (AvgIpc) is 2.56. The number of aryl methyl sites for hydroxylation is 1. The maximum atomic E-state index is 13.5. The molecule has 0 saturated carbocycles. The molecule has 1 heterocycles. The van der Waals surface area contributed by atoms with Gasteiger partial charge >= 0.3 is 18.1 Å². The zero-order chi connectivity index (χ0) is 23.4. The summed E-state index contributed by atoms with van der Waals surface area (Å²) >= 11 is 5.67. The lowest BCUT2D eigenvalue weighted by Crippen LogP contribution is -2.21. The molecule has 164 valence electrons. The monoisotopic (exact) mass is 473 g/mol. The Balaban J connectivity index is 0.000000553. The molecule has 0 atom stereocenters. The van der Waals surface area contributed by atoms with Crippen LogP contribution in [0.25, 0.3) is 0 Å². The summed E-state index contributed by atoms with van der Waals surface area (Å²) in [5.74, 6) is -5.18. The molecule has 0 aliphatic heterocycles. The number of halogens is 5. The second-order valence-electron chi connectivity index (χ2n) is 5.40. The minimum atomic E-state index is -5.08. The molecule has 15 heteroatoms. The second-order valence-corrected chi connectivity index (χ2v) is 7.44. The highest BCUT2D eigenvalue weighted by atomic mass is 35.5. The van der Waals surface area contributed by atoms with Gasteiger partial charge in [0.15, 0.2) is 0 Å². The number of rotatable bonds is 4. The summed E-state index contributed by atoms with van der Waals surface area (Å²) in [6.45, 7) is 1.50. The van der Waals surface area contributed by atoms with E-state index >= 15 is 0 Å². The van der Waals surface area contributed by atoms with Crippen LogP contribution in [-0.2, 0) is 14.8 Å². The number of carboxylic acid groups (broad SMARTS) is 2. The number of sulfonamides is 1. The third-order valence-electron chi connectivity index (χ3n) is 3.18. The Morgan fingerprint density at radius 1 is 1.20 bits per heavy atom. The number of alkyl halides is 3. The van der Waals surface area contributed by atoms with Crippen LogP contribution in [0.3, 0.4) is 0 Å². The van der Waals surface area contributed by atoms with Crippen molar-refractivity contribution in [1.29, 1.82) is 0 Å². The van der Waals surface area contributed by atoms with Gasteiger partial charge in [-0.15, -0.1) is 0 Å². The molecule has 2 rings (SSSR count). The minimum Gasteiger partial charge on any atom is -0.478 e. The van der Waals surface area contributed by atoms with Crippen molar-refractivity contribution < 1.29 is 45.8 Å². The standard InChI is InChI=1S/C13H11ClFN3O4S.C2HF3O2/c1-6-2-11(14)17-5-10(6)23(21,22)18-9-4-7(15)3-8(12(9)16)13(19)20;3-2(4,5)1(6)7/h2-5,18H,16H2,1H3,(H,19,20);(H,6,7). The van der Waals surface area contributed by atoms with Crippen LogP contribution in [0.1, 0.15) is 15.9 Å². The molecule has 1 aromatic carbocycles. The van der Waals surface area contributed by atoms with Crippen LogP contribution in [0, 0.1) is 12.7 Å². The fourth-order valence-electron chi connectivity index (χ4n) is 1.87. The highest BCUT2D eigenvalue weighted by Gasteiger charge is 2.38. The van der Waals surface area contributed by atoms with Crippen molar-refractivity contribution in [2.45, 2.75) is 18.0 Å². The average molecular weight is 474 g/mol. The smallest absolute Gasteiger partial charge is 0.478 e. The summed E-state index contributed by atoms with van der Waals surface area (Å²) in [7, 11) is -4.15. The van der Waals surface area contributed by atoms with Gasteiger partial charge in [0.1, 0.15) is 15.9 Å². The van der Waals surface area contributed by atoms with Gasteiger partial charge in [-0.3, -0.25) is 4.72 Å². The van der Waals surface area contributed by atoms with E-state index in [1.54, 1.807) is 0 Å². The summed E-state index contributed by atoms with van der Waals surface area (Å²) in [6.07, 6.45) is -4.05. The lowest BCUT2D eigenvalue weighted by molar-refractivity contribution is -0.192. The molecule has 0 aliphatic carbocycles. The number of nitrogens with one attached hydrogen (secondary N) is 1. The highest BCUT2D eigenvalue weighted by Crippen LogP contribution is 2.28. The lowest BCUT2D eigenvalue weighted by Gasteiger charge is -2.13. The van der Waals surface area contributed by atoms with Crippen molar-refractivity contribution in [1.82, 2.24) is 4.98 Å². The number of hydrogen-bond acceptors (Lipinski definition) is 6. The third-order valence-corrected chi connectivity index (χ3v) is 4.88. The predicted molar refractivity (Wildman–Crippen MR) is 96.3 cm³/mol. The molecule has 9 nitrogen and oxygen atoms in total. The topological polar surface area (TPSA) is 160 Å². The van der Waals surface area contributed by atoms with E-state index in [0.717, 1.165) is 12.3 Å². The normalized spacial score (nSPS) is 11.3. The van der Waals surface area contributed by atoms with Gasteiger partial charge in [-0.25, -0.2) is 27.4 Å². The van der Waals surface area contributed by atoms with Crippen LogP contribution >= 0.6 is 11.6 Å². The number of hydrogen-bond donors (Lipinski definition) is 4. The van der Waals surface area contributed by atoms with Crippen LogP contribution in [0.2, 0.25) is 5.15 Å². The molecule has 0 amide bonds. The summed E-state index contributed by atoms with van der Waals surface area (Å²) in [6, 6.07) is 2.83. The van der Waals surface area contributed by atoms with Crippen LogP contribution in [0.5, 0.6) is 0 Å². The van der Waals surface area contributed by atoms with Gasteiger partial charge in [-0.1, -0.05) is 11.6 Å². The second kappa shape index (κ2) is 9.13. The number of anilines is 2. The summed E-state index contributed by atoms with van der Waals surface area (Å²) in [5, 5.41) is 16.2. The molecule has 30 heavy (non-hydrogen) atoms. The van der Waals surface area contributed by atoms with Crippen molar-refractivity contribution in [3.8, 4) is 0 Å². The van der Waals surface area contributed by atoms with Gasteiger partial charge < -0.3 is 15.9 Å². The molecule has 0 unspecified atom stereocenters. The quantitative estimate of drug-likeness (QED) is 0.299. The Morgan fingerprint density at radius 3 is 2.17 bits per heavy atom. The summed E-state index contributed by atoms with van der Waals surface area (Å²) in [5.41, 5.74) is 4.57. The third kappa shape index (κ3) is 6.45. The van der Waals surface area contributed by atoms with Crippen LogP contribution in [-0.4, -0.2) is 41.7 Å². The molecule has 0 fully saturated rings. The molecule has 0 spiro atoms. The molecule has 0 aliphatic rings. The first-order chi connectivity index (χ1) is 13.6. The SMILES string of the molecule is Cc1cc(Cl)ncc1S(=O)(=O)Nc1cc(F)cc(C(=O)O)c1N.O=C(O)C(F)(F)F. The maximum absolute atomic E-state index is 13.5. The number of pyridine rings is 1. The summed E-state index contributed by atoms with van der Waals surface area (Å²) in [4.78, 5) is 23.4. The van der Waals surface area contributed by atoms with Crippen LogP contribution in [0.15, 0.2) is 29.3 Å². The minimum absolute atomic E-state index is 0.111. The fourth-order valence-corrected chi connectivity index (χ4v) is 3.32. The number of carbonyl (C=O) groups is 2. The molecule has 1 aromatic heterocycles. The number of nitrogens with two attached hydrogens (primary N) is 1. The Hall–Kier alpha value is -3.13. The highest BCUT2D eigenvalue weighted by molar-refractivity contribution is 7.92. The molecular weight excluding hydrogens is 462 g/mol. The van der Waals surface area contributed by atoms with Crippen molar-refractivity contribution in [2.75, 3.05) is 10.5 Å². The van der Waals surface area contributed by atoms with Crippen LogP contribution < -0.4 is 10.5 Å². The Bertz CT molecular complexity index is 1090. The van der Waals surface area contributed by atoms with Gasteiger partial charge in [0.05, 0.1) is 16.9 Å². The number of aliphatic carboxylic acids is 1. The van der Waals surface area contributed by atoms with Gasteiger partial charge in [0.2, 0.25) is 0 Å². The number of aromatic carboxylic acids is 1. The Kier molecular flexibility index (Phi) is 7.58. The molecule has 2 aromatic rings. The van der Waals surface area contributed by atoms with Crippen molar-refractivity contribution in [3.05, 3.63) is 46.5 Å². The molecule has 0 saturated heterocycles. The predicted octanol–water partition coefficient (Wildman–Crippen LogP) is 2.90. The number of nitrogens with zero attached hydrogens (tertiary/aromatic N) is 1. The van der Waals surface area contributed by atoms with E-state index < -0.39 is 45.2 Å². The first-order valence-corrected chi connectivity index (χ1v) is 9.19.